The minimum Gasteiger partial charge on any atom is -0.494 e. The lowest BCUT2D eigenvalue weighted by Crippen LogP contribution is -2.49. The number of aromatic nitrogens is 2. The molecule has 0 unspecified atom stereocenters. The summed E-state index contributed by atoms with van der Waals surface area (Å²) in [6.45, 7) is 6.18. The van der Waals surface area contributed by atoms with Gasteiger partial charge in [0, 0.05) is 57.1 Å². The summed E-state index contributed by atoms with van der Waals surface area (Å²) in [4.78, 5) is 14.2. The van der Waals surface area contributed by atoms with E-state index in [-0.39, 0.29) is 5.02 Å². The number of ether oxygens (including phenoxy) is 3. The van der Waals surface area contributed by atoms with Crippen molar-refractivity contribution in [2.75, 3.05) is 86.3 Å². The van der Waals surface area contributed by atoms with Gasteiger partial charge in [-0.1, -0.05) is 11.6 Å². The van der Waals surface area contributed by atoms with Crippen molar-refractivity contribution in [1.82, 2.24) is 14.9 Å². The largest absolute Gasteiger partial charge is 0.494 e. The normalized spacial score (nSPS) is 18.3. The second kappa shape index (κ2) is 14.7. The first-order chi connectivity index (χ1) is 22.7. The number of nitrogens with zero attached hydrogens (tertiary/aromatic N) is 5. The van der Waals surface area contributed by atoms with Crippen molar-refractivity contribution in [3.05, 3.63) is 47.1 Å². The maximum Gasteiger partial charge on any atom is 0.232 e. The molecule has 5 heterocycles. The Bertz CT molecular complexity index is 1660. The highest BCUT2D eigenvalue weighted by atomic mass is 35.5. The van der Waals surface area contributed by atoms with Gasteiger partial charge in [-0.2, -0.15) is 4.98 Å². The predicted molar refractivity (Wildman–Crippen MR) is 187 cm³/mol. The fourth-order valence-electron chi connectivity index (χ4n) is 6.48. The number of morpholine rings is 1. The van der Waals surface area contributed by atoms with Crippen molar-refractivity contribution < 1.29 is 22.6 Å². The topological polar surface area (TPSA) is 121 Å². The number of rotatable bonds is 5. The third kappa shape index (κ3) is 7.97. The zero-order valence-corrected chi connectivity index (χ0v) is 28.9. The summed E-state index contributed by atoms with van der Waals surface area (Å²) < 4.78 is 43.8. The fraction of sp³-hybridized carbons (Fsp3) is 0.515. The molecular weight excluding hydrogens is 642 g/mol. The first-order valence-corrected chi connectivity index (χ1v) is 18.5. The van der Waals surface area contributed by atoms with Crippen LogP contribution in [-0.2, 0) is 21.2 Å². The minimum absolute atomic E-state index is 0.279. The smallest absolute Gasteiger partial charge is 0.232 e. The van der Waals surface area contributed by atoms with Gasteiger partial charge in [0.1, 0.15) is 16.5 Å². The van der Waals surface area contributed by atoms with Crippen LogP contribution in [0.3, 0.4) is 0 Å². The van der Waals surface area contributed by atoms with Crippen LogP contribution in [0.4, 0.5) is 34.5 Å². The molecule has 1 aromatic heterocycles. The molecule has 4 aliphatic heterocycles. The molecule has 0 radical (unpaired) electrons. The van der Waals surface area contributed by atoms with Gasteiger partial charge < -0.3 is 29.7 Å². The lowest BCUT2D eigenvalue weighted by Gasteiger charge is -2.41. The Morgan fingerprint density at radius 2 is 1.79 bits per heavy atom. The van der Waals surface area contributed by atoms with Gasteiger partial charge in [0.15, 0.2) is 5.82 Å². The highest BCUT2D eigenvalue weighted by Crippen LogP contribution is 2.39. The molecule has 2 fully saturated rings. The molecule has 0 atom stereocenters. The summed E-state index contributed by atoms with van der Waals surface area (Å²) in [5, 5.41) is 6.85. The van der Waals surface area contributed by atoms with Gasteiger partial charge in [-0.05, 0) is 62.3 Å². The number of sulfonamides is 1. The van der Waals surface area contributed by atoms with Crippen molar-refractivity contribution in [3.8, 4) is 11.5 Å². The molecule has 7 rings (SSSR count). The lowest BCUT2D eigenvalue weighted by molar-refractivity contribution is 0.0115. The molecular formula is C33H44ClN7O5S. The molecule has 254 valence electrons. The SMILES string of the molecule is COc1cc(N2CCC(N3CCOCC3)CC2)c2cc1Nc1ncc(Cl)c(n1)Nc1ccc(cc1N(C)S(C)(=O)=O)OCCCCC2. The molecule has 12 nitrogen and oxygen atoms in total. The molecule has 14 heteroatoms. The molecule has 2 aromatic carbocycles. The van der Waals surface area contributed by atoms with Gasteiger partial charge in [-0.3, -0.25) is 9.21 Å². The third-order valence-corrected chi connectivity index (χ3v) is 10.6. The third-order valence-electron chi connectivity index (χ3n) is 9.18. The molecule has 47 heavy (non-hydrogen) atoms. The number of piperidine rings is 1. The molecule has 0 spiro atoms. The van der Waals surface area contributed by atoms with E-state index in [1.54, 1.807) is 19.2 Å². The van der Waals surface area contributed by atoms with E-state index in [1.165, 1.54) is 28.8 Å². The van der Waals surface area contributed by atoms with Crippen molar-refractivity contribution in [2.24, 2.45) is 0 Å². The Kier molecular flexibility index (Phi) is 10.5. The summed E-state index contributed by atoms with van der Waals surface area (Å²) in [5.41, 5.74) is 4.12. The van der Waals surface area contributed by atoms with Crippen LogP contribution >= 0.6 is 11.6 Å². The number of anilines is 6. The zero-order valence-electron chi connectivity index (χ0n) is 27.3. The van der Waals surface area contributed by atoms with Crippen LogP contribution in [0, 0.1) is 0 Å². The van der Waals surface area contributed by atoms with E-state index in [4.69, 9.17) is 25.8 Å². The summed E-state index contributed by atoms with van der Waals surface area (Å²) in [7, 11) is -0.388. The molecule has 0 aliphatic carbocycles. The van der Waals surface area contributed by atoms with Crippen LogP contribution in [-0.4, -0.2) is 95.7 Å². The van der Waals surface area contributed by atoms with Crippen LogP contribution in [0.15, 0.2) is 36.5 Å². The Labute approximate surface area is 282 Å². The minimum atomic E-state index is -3.56. The van der Waals surface area contributed by atoms with E-state index >= 15 is 0 Å². The van der Waals surface area contributed by atoms with Crippen LogP contribution in [0.25, 0.3) is 0 Å². The van der Waals surface area contributed by atoms with E-state index in [2.05, 4.69) is 42.5 Å². The molecule has 4 aliphatic rings. The summed E-state index contributed by atoms with van der Waals surface area (Å²) >= 11 is 6.54. The van der Waals surface area contributed by atoms with Gasteiger partial charge in [-0.25, -0.2) is 13.4 Å². The van der Waals surface area contributed by atoms with E-state index in [0.717, 1.165) is 89.9 Å². The number of nitrogens with one attached hydrogen (secondary N) is 2. The number of hydrogen-bond donors (Lipinski definition) is 2. The molecule has 0 saturated carbocycles. The van der Waals surface area contributed by atoms with Crippen molar-refractivity contribution >= 4 is 56.1 Å². The Morgan fingerprint density at radius 3 is 2.53 bits per heavy atom. The van der Waals surface area contributed by atoms with Crippen molar-refractivity contribution in [3.63, 3.8) is 0 Å². The zero-order chi connectivity index (χ0) is 33.0. The second-order valence-corrected chi connectivity index (χ2v) is 14.7. The van der Waals surface area contributed by atoms with Gasteiger partial charge in [0.05, 0.1) is 56.4 Å². The summed E-state index contributed by atoms with van der Waals surface area (Å²) in [6, 6.07) is 10.2. The van der Waals surface area contributed by atoms with Crippen molar-refractivity contribution in [1.29, 1.82) is 0 Å². The van der Waals surface area contributed by atoms with Gasteiger partial charge in [-0.15, -0.1) is 0 Å². The first kappa shape index (κ1) is 33.4. The van der Waals surface area contributed by atoms with Crippen LogP contribution in [0.1, 0.15) is 37.7 Å². The summed E-state index contributed by atoms with van der Waals surface area (Å²) in [6.07, 6.45) is 8.63. The maximum absolute atomic E-state index is 12.5. The monoisotopic (exact) mass is 685 g/mol. The van der Waals surface area contributed by atoms with Crippen molar-refractivity contribution in [2.45, 2.75) is 44.6 Å². The van der Waals surface area contributed by atoms with Crippen LogP contribution < -0.4 is 29.3 Å². The fourth-order valence-corrected chi connectivity index (χ4v) is 7.13. The predicted octanol–water partition coefficient (Wildman–Crippen LogP) is 5.43. The number of hydrogen-bond acceptors (Lipinski definition) is 11. The highest BCUT2D eigenvalue weighted by molar-refractivity contribution is 7.92. The Hall–Kier alpha value is -3.52. The lowest BCUT2D eigenvalue weighted by atomic mass is 9.98. The quantitative estimate of drug-likeness (QED) is 0.358. The van der Waals surface area contributed by atoms with Crippen LogP contribution in [0.5, 0.6) is 11.5 Å². The Morgan fingerprint density at radius 1 is 1.00 bits per heavy atom. The molecule has 3 aromatic rings. The van der Waals surface area contributed by atoms with E-state index < -0.39 is 10.0 Å². The molecule has 2 N–H and O–H groups in total. The summed E-state index contributed by atoms with van der Waals surface area (Å²) in [5.74, 6) is 1.92. The van der Waals surface area contributed by atoms with E-state index in [0.29, 0.717) is 47.3 Å². The van der Waals surface area contributed by atoms with Gasteiger partial charge >= 0.3 is 0 Å². The molecule has 6 bridgehead atoms. The van der Waals surface area contributed by atoms with Gasteiger partial charge in [0.2, 0.25) is 16.0 Å². The molecule has 0 amide bonds. The number of fused-ring (bicyclic) bond motifs is 7. The number of benzene rings is 2. The maximum atomic E-state index is 12.5. The Balaban J connectivity index is 1.31. The standard InChI is InChI=1S/C33H44ClN7O5S/c1-39(47(3,42)43)30-20-25-8-9-27(30)36-32-26(34)22-35-33(38-32)37-28-19-23(7-5-4-6-16-46-25)29(21-31(28)44-2)41-12-10-24(11-13-41)40-14-17-45-18-15-40/h8-9,19-22,24H,4-7,10-18H2,1-3H3,(H2,35,36,37,38). The van der Waals surface area contributed by atoms with E-state index in [9.17, 15) is 8.42 Å². The average molecular weight is 686 g/mol. The van der Waals surface area contributed by atoms with Crippen LogP contribution in [0.2, 0.25) is 5.02 Å². The van der Waals surface area contributed by atoms with E-state index in [1.807, 2.05) is 6.07 Å². The number of methoxy groups -OCH3 is 1. The molecule has 2 saturated heterocycles. The first-order valence-electron chi connectivity index (χ1n) is 16.2. The number of halogens is 1. The average Bonchev–Trinajstić information content (AvgIpc) is 3.07. The van der Waals surface area contributed by atoms with Gasteiger partial charge in [0.25, 0.3) is 0 Å². The highest BCUT2D eigenvalue weighted by Gasteiger charge is 2.28. The second-order valence-electron chi connectivity index (χ2n) is 12.3. The number of aryl methyl sites for hydroxylation is 1.